The highest BCUT2D eigenvalue weighted by molar-refractivity contribution is 14.1. The molecule has 2 rings (SSSR count). The van der Waals surface area contributed by atoms with Crippen LogP contribution in [0.25, 0.3) is 0 Å². The van der Waals surface area contributed by atoms with Gasteiger partial charge >= 0.3 is 5.97 Å². The Morgan fingerprint density at radius 2 is 1.85 bits per heavy atom. The van der Waals surface area contributed by atoms with Gasteiger partial charge in [0.25, 0.3) is 0 Å². The second-order valence-corrected chi connectivity index (χ2v) is 8.84. The minimum absolute atomic E-state index is 0.225. The largest absolute Gasteiger partial charge is 0.480 e. The number of halogens is 3. The number of aliphatic carboxylic acids is 1. The number of hydrogen-bond donors (Lipinski definition) is 2. The van der Waals surface area contributed by atoms with Crippen molar-refractivity contribution in [2.45, 2.75) is 4.90 Å². The molecule has 0 radical (unpaired) electrons. The van der Waals surface area contributed by atoms with Gasteiger partial charge in [-0.2, -0.15) is 5.10 Å². The second-order valence-electron chi connectivity index (χ2n) is 5.03. The quantitative estimate of drug-likeness (QED) is 0.197. The first-order chi connectivity index (χ1) is 12.8. The Morgan fingerprint density at radius 3 is 2.44 bits per heavy atom. The number of nitrogens with one attached hydrogen (secondary N) is 1. The van der Waals surface area contributed by atoms with Crippen molar-refractivity contribution in [2.75, 3.05) is 12.4 Å². The van der Waals surface area contributed by atoms with E-state index in [9.17, 15) is 9.59 Å². The Kier molecular flexibility index (Phi) is 9.12. The molecule has 27 heavy (non-hydrogen) atoms. The molecule has 2 N–H and O–H groups in total. The molecule has 142 valence electrons. The van der Waals surface area contributed by atoms with Gasteiger partial charge < -0.3 is 9.84 Å². The maximum absolute atomic E-state index is 11.9. The van der Waals surface area contributed by atoms with E-state index >= 15 is 0 Å². The van der Waals surface area contributed by atoms with Crippen molar-refractivity contribution in [1.29, 1.82) is 0 Å². The van der Waals surface area contributed by atoms with Crippen molar-refractivity contribution >= 4 is 86.6 Å². The summed E-state index contributed by atoms with van der Waals surface area (Å²) in [5.74, 6) is -0.515. The Bertz CT molecular complexity index is 840. The number of hydrazone groups is 1. The minimum Gasteiger partial charge on any atom is -0.480 e. The lowest BCUT2D eigenvalue weighted by atomic mass is 10.2. The third kappa shape index (κ3) is 7.84. The molecule has 0 bridgehead atoms. The van der Waals surface area contributed by atoms with Crippen LogP contribution in [0.4, 0.5) is 0 Å². The number of carboxylic acids is 1. The van der Waals surface area contributed by atoms with Crippen molar-refractivity contribution in [3.8, 4) is 5.75 Å². The number of nitrogens with zero attached hydrogens (tertiary/aromatic N) is 1. The predicted molar refractivity (Wildman–Crippen MR) is 123 cm³/mol. The van der Waals surface area contributed by atoms with Gasteiger partial charge in [0.15, 0.2) is 6.61 Å². The second kappa shape index (κ2) is 11.1. The molecule has 10 heteroatoms. The molecule has 0 aliphatic carbocycles. The van der Waals surface area contributed by atoms with E-state index < -0.39 is 12.6 Å². The molecule has 0 spiro atoms. The normalized spacial score (nSPS) is 10.8. The summed E-state index contributed by atoms with van der Waals surface area (Å²) in [5, 5.41) is 13.3. The molecule has 0 fully saturated rings. The fourth-order valence-electron chi connectivity index (χ4n) is 1.82. The Hall–Kier alpha value is -1.05. The number of thioether (sulfide) groups is 1. The summed E-state index contributed by atoms with van der Waals surface area (Å²) < 4.78 is 6.78. The molecule has 1 amide bonds. The van der Waals surface area contributed by atoms with Crippen LogP contribution in [0, 0.1) is 7.14 Å². The summed E-state index contributed by atoms with van der Waals surface area (Å²) in [6, 6.07) is 10.8. The van der Waals surface area contributed by atoms with E-state index in [0.717, 1.165) is 17.6 Å². The van der Waals surface area contributed by atoms with Crippen molar-refractivity contribution < 1.29 is 19.4 Å². The average molecular weight is 631 g/mol. The third-order valence-corrected chi connectivity index (χ3v) is 5.81. The molecule has 0 atom stereocenters. The zero-order valence-electron chi connectivity index (χ0n) is 13.6. The van der Waals surface area contributed by atoms with Crippen LogP contribution in [0.15, 0.2) is 46.4 Å². The van der Waals surface area contributed by atoms with Gasteiger partial charge in [0, 0.05) is 9.92 Å². The number of carbonyl (C=O) groups is 2. The number of carboxylic acid groups (broad SMARTS) is 1. The maximum atomic E-state index is 11.9. The van der Waals surface area contributed by atoms with Gasteiger partial charge in [-0.3, -0.25) is 4.79 Å². The fraction of sp³-hybridized carbons (Fsp3) is 0.118. The molecule has 0 aliphatic rings. The van der Waals surface area contributed by atoms with E-state index in [0.29, 0.717) is 10.8 Å². The van der Waals surface area contributed by atoms with Crippen LogP contribution in [0.2, 0.25) is 5.02 Å². The number of amides is 1. The molecule has 2 aromatic rings. The maximum Gasteiger partial charge on any atom is 0.341 e. The molecular formula is C17H13ClI2N2O4S. The number of benzene rings is 2. The van der Waals surface area contributed by atoms with Crippen LogP contribution < -0.4 is 10.2 Å². The van der Waals surface area contributed by atoms with Gasteiger partial charge in [0.1, 0.15) is 5.75 Å². The smallest absolute Gasteiger partial charge is 0.341 e. The molecule has 0 aromatic heterocycles. The van der Waals surface area contributed by atoms with Gasteiger partial charge in [-0.15, -0.1) is 11.8 Å². The fourth-order valence-corrected chi connectivity index (χ4v) is 4.76. The molecule has 2 aromatic carbocycles. The van der Waals surface area contributed by atoms with Gasteiger partial charge in [0.2, 0.25) is 5.91 Å². The molecule has 0 aliphatic heterocycles. The van der Waals surface area contributed by atoms with E-state index in [2.05, 4.69) is 55.7 Å². The monoisotopic (exact) mass is 630 g/mol. The number of rotatable bonds is 8. The lowest BCUT2D eigenvalue weighted by Crippen LogP contribution is -2.19. The summed E-state index contributed by atoms with van der Waals surface area (Å²) in [6.45, 7) is -0.402. The van der Waals surface area contributed by atoms with Crippen LogP contribution in [0.3, 0.4) is 0 Å². The number of carbonyl (C=O) groups excluding carboxylic acids is 1. The standard InChI is InChI=1S/C17H13ClI2N2O4S/c18-11-1-3-12(4-2-11)27-9-15(23)22-21-7-10-5-13(19)17(14(20)6-10)26-8-16(24)25/h1-7H,8-9H2,(H,22,23)(H,24,25)/b21-7-. The molecule has 6 nitrogen and oxygen atoms in total. The molecule has 0 heterocycles. The van der Waals surface area contributed by atoms with E-state index in [1.54, 1.807) is 24.3 Å². The first-order valence-electron chi connectivity index (χ1n) is 7.39. The van der Waals surface area contributed by atoms with Gasteiger partial charge in [-0.25, -0.2) is 10.2 Å². The van der Waals surface area contributed by atoms with Gasteiger partial charge in [-0.1, -0.05) is 11.6 Å². The summed E-state index contributed by atoms with van der Waals surface area (Å²) >= 11 is 11.3. The number of hydrogen-bond acceptors (Lipinski definition) is 5. The van der Waals surface area contributed by atoms with Crippen LogP contribution in [-0.2, 0) is 9.59 Å². The summed E-state index contributed by atoms with van der Waals surface area (Å²) in [7, 11) is 0. The molecule has 0 saturated heterocycles. The van der Waals surface area contributed by atoms with E-state index in [1.807, 2.05) is 12.1 Å². The third-order valence-electron chi connectivity index (χ3n) is 2.95. The van der Waals surface area contributed by atoms with E-state index in [1.165, 1.54) is 18.0 Å². The average Bonchev–Trinajstić information content (AvgIpc) is 2.60. The first-order valence-corrected chi connectivity index (χ1v) is 10.9. The van der Waals surface area contributed by atoms with Gasteiger partial charge in [-0.05, 0) is 87.1 Å². The zero-order chi connectivity index (χ0) is 19.8. The first kappa shape index (κ1) is 22.2. The van der Waals surface area contributed by atoms with Crippen LogP contribution >= 0.6 is 68.5 Å². The van der Waals surface area contributed by atoms with Crippen molar-refractivity contribution in [2.24, 2.45) is 5.10 Å². The topological polar surface area (TPSA) is 88.0 Å². The Labute approximate surface area is 192 Å². The van der Waals surface area contributed by atoms with Crippen molar-refractivity contribution in [3.63, 3.8) is 0 Å². The van der Waals surface area contributed by atoms with Crippen LogP contribution in [0.1, 0.15) is 5.56 Å². The van der Waals surface area contributed by atoms with E-state index in [-0.39, 0.29) is 11.7 Å². The lowest BCUT2D eigenvalue weighted by molar-refractivity contribution is -0.139. The van der Waals surface area contributed by atoms with Crippen LogP contribution in [-0.4, -0.2) is 35.6 Å². The van der Waals surface area contributed by atoms with Crippen molar-refractivity contribution in [1.82, 2.24) is 5.43 Å². The lowest BCUT2D eigenvalue weighted by Gasteiger charge is -2.09. The highest BCUT2D eigenvalue weighted by Crippen LogP contribution is 2.28. The summed E-state index contributed by atoms with van der Waals surface area (Å²) in [4.78, 5) is 23.4. The predicted octanol–water partition coefficient (Wildman–Crippen LogP) is 4.26. The highest BCUT2D eigenvalue weighted by Gasteiger charge is 2.10. The van der Waals surface area contributed by atoms with Crippen molar-refractivity contribution in [3.05, 3.63) is 54.1 Å². The summed E-state index contributed by atoms with van der Waals surface area (Å²) in [6.07, 6.45) is 1.52. The van der Waals surface area contributed by atoms with Gasteiger partial charge in [0.05, 0.1) is 19.1 Å². The molecule has 0 unspecified atom stereocenters. The molecule has 0 saturated carbocycles. The number of ether oxygens (including phenoxy) is 1. The Balaban J connectivity index is 1.88. The minimum atomic E-state index is -1.04. The zero-order valence-corrected chi connectivity index (χ0v) is 19.5. The summed E-state index contributed by atoms with van der Waals surface area (Å²) in [5.41, 5.74) is 3.24. The van der Waals surface area contributed by atoms with E-state index in [4.69, 9.17) is 21.4 Å². The SMILES string of the molecule is O=C(O)COc1c(I)cc(/C=N\NC(=O)CSc2ccc(Cl)cc2)cc1I. The highest BCUT2D eigenvalue weighted by atomic mass is 127. The van der Waals surface area contributed by atoms with Crippen LogP contribution in [0.5, 0.6) is 5.75 Å². The Morgan fingerprint density at radius 1 is 1.22 bits per heavy atom. The molecular weight excluding hydrogens is 618 g/mol.